The summed E-state index contributed by atoms with van der Waals surface area (Å²) >= 11 is 0. The first-order valence-corrected chi connectivity index (χ1v) is 7.62. The van der Waals surface area contributed by atoms with Crippen molar-refractivity contribution in [3.8, 4) is 0 Å². The lowest BCUT2D eigenvalue weighted by atomic mass is 9.82. The molecule has 1 saturated heterocycles. The monoisotopic (exact) mass is 291 g/mol. The molecule has 1 aliphatic heterocycles. The largest absolute Gasteiger partial charge is 0.396 e. The quantitative estimate of drug-likeness (QED) is 0.913. The molecule has 1 aliphatic carbocycles. The maximum absolute atomic E-state index is 12.7. The molecule has 1 amide bonds. The number of carbonyl (C=O) groups excluding carboxylic acids is 1. The van der Waals surface area contributed by atoms with Gasteiger partial charge in [0.05, 0.1) is 18.5 Å². The minimum atomic E-state index is -0.123. The lowest BCUT2D eigenvalue weighted by molar-refractivity contribution is -0.183. The molecule has 6 heteroatoms. The van der Waals surface area contributed by atoms with Crippen LogP contribution in [0.25, 0.3) is 0 Å². The Morgan fingerprint density at radius 3 is 2.76 bits per heavy atom. The summed E-state index contributed by atoms with van der Waals surface area (Å²) in [4.78, 5) is 26.6. The van der Waals surface area contributed by atoms with Crippen LogP contribution < -0.4 is 0 Å². The molecule has 3 rings (SSSR count). The van der Waals surface area contributed by atoms with Crippen LogP contribution in [0, 0.1) is 11.8 Å². The van der Waals surface area contributed by atoms with Gasteiger partial charge in [0.15, 0.2) is 0 Å². The second-order valence-electron chi connectivity index (χ2n) is 5.83. The third kappa shape index (κ3) is 3.06. The molecule has 1 saturated carbocycles. The molecule has 0 unspecified atom stereocenters. The maximum Gasteiger partial charge on any atom is 0.249 e. The maximum atomic E-state index is 12.7. The van der Waals surface area contributed by atoms with Gasteiger partial charge in [-0.2, -0.15) is 0 Å². The van der Waals surface area contributed by atoms with E-state index in [4.69, 9.17) is 4.84 Å². The average molecular weight is 291 g/mol. The second kappa shape index (κ2) is 6.49. The van der Waals surface area contributed by atoms with E-state index in [0.717, 1.165) is 37.8 Å². The summed E-state index contributed by atoms with van der Waals surface area (Å²) in [5.74, 6) is 0.411. The summed E-state index contributed by atoms with van der Waals surface area (Å²) in [5.41, 5.74) is 0.785. The number of amides is 1. The molecule has 1 aromatic heterocycles. The van der Waals surface area contributed by atoms with Gasteiger partial charge in [0, 0.05) is 31.3 Å². The van der Waals surface area contributed by atoms with Crippen LogP contribution >= 0.6 is 0 Å². The Kier molecular flexibility index (Phi) is 4.45. The number of hydrogen-bond donors (Lipinski definition) is 1. The number of aliphatic hydroxyl groups is 1. The fraction of sp³-hybridized carbons (Fsp3) is 0.667. The first kappa shape index (κ1) is 14.4. The van der Waals surface area contributed by atoms with Crippen molar-refractivity contribution >= 4 is 5.91 Å². The molecule has 1 atom stereocenters. The molecule has 1 aromatic rings. The molecule has 0 aromatic carbocycles. The van der Waals surface area contributed by atoms with E-state index in [0.29, 0.717) is 12.5 Å². The summed E-state index contributed by atoms with van der Waals surface area (Å²) in [5, 5.41) is 10.7. The van der Waals surface area contributed by atoms with Crippen LogP contribution in [0.5, 0.6) is 0 Å². The van der Waals surface area contributed by atoms with E-state index in [1.165, 1.54) is 5.06 Å². The van der Waals surface area contributed by atoms with Gasteiger partial charge >= 0.3 is 0 Å². The topological polar surface area (TPSA) is 75.5 Å². The van der Waals surface area contributed by atoms with E-state index in [2.05, 4.69) is 9.97 Å². The van der Waals surface area contributed by atoms with Crippen molar-refractivity contribution in [1.29, 1.82) is 0 Å². The minimum absolute atomic E-state index is 0.00470. The van der Waals surface area contributed by atoms with Crippen molar-refractivity contribution in [2.75, 3.05) is 13.2 Å². The summed E-state index contributed by atoms with van der Waals surface area (Å²) in [6.45, 7) is 0.766. The van der Waals surface area contributed by atoms with Crippen molar-refractivity contribution in [3.63, 3.8) is 0 Å². The Morgan fingerprint density at radius 2 is 2.10 bits per heavy atom. The zero-order chi connectivity index (χ0) is 14.7. The van der Waals surface area contributed by atoms with Gasteiger partial charge in [-0.15, -0.1) is 0 Å². The number of nitrogens with zero attached hydrogens (tertiary/aromatic N) is 3. The highest BCUT2D eigenvalue weighted by atomic mass is 16.7. The van der Waals surface area contributed by atoms with E-state index in [9.17, 15) is 9.90 Å². The normalized spacial score (nSPS) is 29.6. The highest BCUT2D eigenvalue weighted by Gasteiger charge is 2.37. The lowest BCUT2D eigenvalue weighted by Crippen LogP contribution is -2.37. The molecule has 2 fully saturated rings. The van der Waals surface area contributed by atoms with E-state index >= 15 is 0 Å². The molecule has 114 valence electrons. The van der Waals surface area contributed by atoms with Crippen molar-refractivity contribution < 1.29 is 14.7 Å². The van der Waals surface area contributed by atoms with Crippen LogP contribution in [0.3, 0.4) is 0 Å². The Bertz CT molecular complexity index is 474. The second-order valence-corrected chi connectivity index (χ2v) is 5.83. The number of hydrogen-bond acceptors (Lipinski definition) is 5. The number of carbonyl (C=O) groups is 1. The predicted octanol–water partition coefficient (Wildman–Crippen LogP) is 1.48. The Morgan fingerprint density at radius 1 is 1.29 bits per heavy atom. The fourth-order valence-corrected chi connectivity index (χ4v) is 3.21. The molecular formula is C15H21N3O3. The molecule has 0 bridgehead atoms. The van der Waals surface area contributed by atoms with Crippen molar-refractivity contribution in [3.05, 3.63) is 24.3 Å². The molecule has 21 heavy (non-hydrogen) atoms. The van der Waals surface area contributed by atoms with Crippen LogP contribution in [-0.4, -0.2) is 39.3 Å². The number of aromatic nitrogens is 2. The minimum Gasteiger partial charge on any atom is -0.396 e. The number of rotatable bonds is 3. The first-order valence-electron chi connectivity index (χ1n) is 7.62. The van der Waals surface area contributed by atoms with Gasteiger partial charge in [-0.1, -0.05) is 0 Å². The zero-order valence-electron chi connectivity index (χ0n) is 12.0. The van der Waals surface area contributed by atoms with Gasteiger partial charge in [-0.05, 0) is 31.6 Å². The van der Waals surface area contributed by atoms with Crippen LogP contribution in [0.2, 0.25) is 0 Å². The molecule has 1 N–H and O–H groups in total. The Labute approximate surface area is 124 Å². The summed E-state index contributed by atoms with van der Waals surface area (Å²) < 4.78 is 0. The fourth-order valence-electron chi connectivity index (χ4n) is 3.21. The first-order chi connectivity index (χ1) is 10.3. The zero-order valence-corrected chi connectivity index (χ0v) is 12.0. The molecular weight excluding hydrogens is 270 g/mol. The lowest BCUT2D eigenvalue weighted by Gasteiger charge is -2.31. The van der Waals surface area contributed by atoms with Gasteiger partial charge in [0.25, 0.3) is 0 Å². The average Bonchev–Trinajstić information content (AvgIpc) is 3.04. The third-order valence-electron chi connectivity index (χ3n) is 4.50. The summed E-state index contributed by atoms with van der Waals surface area (Å²) in [6, 6.07) is -0.123. The summed E-state index contributed by atoms with van der Waals surface area (Å²) in [7, 11) is 0. The standard InChI is InChI=1S/C15H21N3O3/c19-10-11-1-3-12(4-2-11)15(20)18-14(5-8-21-18)13-9-16-6-7-17-13/h6-7,9,11-12,14,19H,1-5,8,10H2/t11?,12?,14-/m0/s1. The number of aliphatic hydroxyl groups excluding tert-OH is 1. The highest BCUT2D eigenvalue weighted by Crippen LogP contribution is 2.35. The van der Waals surface area contributed by atoms with Gasteiger partial charge in [0.1, 0.15) is 6.04 Å². The SMILES string of the molecule is O=C(C1CCC(CO)CC1)N1OCC[C@H]1c1cnccn1. The van der Waals surface area contributed by atoms with E-state index in [1.54, 1.807) is 18.6 Å². The highest BCUT2D eigenvalue weighted by molar-refractivity contribution is 5.78. The Hall–Kier alpha value is -1.53. The third-order valence-corrected chi connectivity index (χ3v) is 4.50. The van der Waals surface area contributed by atoms with Gasteiger partial charge in [0.2, 0.25) is 5.91 Å². The van der Waals surface area contributed by atoms with Crippen LogP contribution in [0.4, 0.5) is 0 Å². The van der Waals surface area contributed by atoms with E-state index in [1.807, 2.05) is 0 Å². The van der Waals surface area contributed by atoms with Gasteiger partial charge in [-0.3, -0.25) is 19.6 Å². The van der Waals surface area contributed by atoms with E-state index < -0.39 is 0 Å². The predicted molar refractivity (Wildman–Crippen MR) is 74.7 cm³/mol. The smallest absolute Gasteiger partial charge is 0.249 e. The number of hydroxylamine groups is 2. The van der Waals surface area contributed by atoms with Crippen molar-refractivity contribution in [1.82, 2.24) is 15.0 Å². The van der Waals surface area contributed by atoms with Gasteiger partial charge in [-0.25, -0.2) is 5.06 Å². The van der Waals surface area contributed by atoms with Crippen LogP contribution in [0.15, 0.2) is 18.6 Å². The molecule has 6 nitrogen and oxygen atoms in total. The molecule has 2 aliphatic rings. The van der Waals surface area contributed by atoms with Crippen molar-refractivity contribution in [2.45, 2.75) is 38.1 Å². The van der Waals surface area contributed by atoms with Crippen LogP contribution in [-0.2, 0) is 9.63 Å². The summed E-state index contributed by atoms with van der Waals surface area (Å²) in [6.07, 6.45) is 9.21. The molecule has 2 heterocycles. The molecule has 0 spiro atoms. The van der Waals surface area contributed by atoms with Gasteiger partial charge < -0.3 is 5.11 Å². The van der Waals surface area contributed by atoms with Crippen molar-refractivity contribution in [2.24, 2.45) is 11.8 Å². The van der Waals surface area contributed by atoms with E-state index in [-0.39, 0.29) is 24.5 Å². The molecule has 0 radical (unpaired) electrons. The van der Waals surface area contributed by atoms with Crippen LogP contribution in [0.1, 0.15) is 43.8 Å². The Balaban J connectivity index is 1.67.